The van der Waals surface area contributed by atoms with Gasteiger partial charge in [-0.15, -0.1) is 0 Å². The second-order valence-corrected chi connectivity index (χ2v) is 5.18. The van der Waals surface area contributed by atoms with Gasteiger partial charge in [0.05, 0.1) is 6.54 Å². The zero-order chi connectivity index (χ0) is 12.7. The van der Waals surface area contributed by atoms with E-state index in [-0.39, 0.29) is 12.1 Å². The maximum Gasteiger partial charge on any atom is 0.410 e. The van der Waals surface area contributed by atoms with Crippen molar-refractivity contribution in [3.8, 4) is 0 Å². The molecule has 0 aromatic heterocycles. The van der Waals surface area contributed by atoms with Crippen molar-refractivity contribution >= 4 is 17.7 Å². The molecule has 0 bridgehead atoms. The van der Waals surface area contributed by atoms with Gasteiger partial charge < -0.3 is 14.7 Å². The largest absolute Gasteiger partial charge is 0.438 e. The molecule has 1 aliphatic heterocycles. The Kier molecular flexibility index (Phi) is 2.92. The number of hydrogen-bond donors (Lipinski definition) is 1. The van der Waals surface area contributed by atoms with Crippen LogP contribution in [0.25, 0.3) is 0 Å². The van der Waals surface area contributed by atoms with Crippen molar-refractivity contribution in [2.24, 2.45) is 0 Å². The first-order valence-corrected chi connectivity index (χ1v) is 6.44. The molecule has 1 saturated carbocycles. The normalized spacial score (nSPS) is 28.1. The molecule has 3 rings (SSSR count). The predicted molar refractivity (Wildman–Crippen MR) is 66.4 cm³/mol. The lowest BCUT2D eigenvalue weighted by Crippen LogP contribution is -2.48. The van der Waals surface area contributed by atoms with E-state index in [1.807, 2.05) is 6.07 Å². The van der Waals surface area contributed by atoms with Gasteiger partial charge in [-0.25, -0.2) is 4.79 Å². The Hall–Kier alpha value is -1.26. The molecule has 1 aromatic rings. The molecule has 2 fully saturated rings. The van der Waals surface area contributed by atoms with Crippen molar-refractivity contribution in [3.63, 3.8) is 0 Å². The van der Waals surface area contributed by atoms with E-state index in [4.69, 9.17) is 16.3 Å². The van der Waals surface area contributed by atoms with Gasteiger partial charge >= 0.3 is 6.09 Å². The number of aliphatic hydroxyl groups is 1. The zero-order valence-electron chi connectivity index (χ0n) is 9.75. The van der Waals surface area contributed by atoms with Crippen molar-refractivity contribution in [3.05, 3.63) is 34.9 Å². The Labute approximate surface area is 110 Å². The molecule has 96 valence electrons. The van der Waals surface area contributed by atoms with E-state index in [0.717, 1.165) is 12.8 Å². The molecule has 2 atom stereocenters. The molecule has 5 heteroatoms. The van der Waals surface area contributed by atoms with Crippen molar-refractivity contribution in [2.75, 3.05) is 6.54 Å². The summed E-state index contributed by atoms with van der Waals surface area (Å²) in [6.45, 7) is 0.319. The van der Waals surface area contributed by atoms with Gasteiger partial charge in [0.2, 0.25) is 0 Å². The number of hydrogen-bond acceptors (Lipinski definition) is 3. The monoisotopic (exact) mass is 267 g/mol. The highest BCUT2D eigenvalue weighted by molar-refractivity contribution is 6.31. The molecule has 0 unspecified atom stereocenters. The summed E-state index contributed by atoms with van der Waals surface area (Å²) < 4.78 is 5.33. The third-order valence-corrected chi connectivity index (χ3v) is 3.74. The summed E-state index contributed by atoms with van der Waals surface area (Å²) in [4.78, 5) is 13.5. The van der Waals surface area contributed by atoms with Crippen molar-refractivity contribution in [2.45, 2.75) is 31.1 Å². The molecule has 1 aromatic carbocycles. The summed E-state index contributed by atoms with van der Waals surface area (Å²) in [5, 5.41) is 10.6. The van der Waals surface area contributed by atoms with Crippen LogP contribution in [-0.4, -0.2) is 34.8 Å². The molecule has 1 heterocycles. The van der Waals surface area contributed by atoms with Crippen molar-refractivity contribution in [1.29, 1.82) is 0 Å². The summed E-state index contributed by atoms with van der Waals surface area (Å²) in [7, 11) is 0. The number of amides is 1. The summed E-state index contributed by atoms with van der Waals surface area (Å²) in [6.07, 6.45) is 0.245. The Bertz CT molecular complexity index is 475. The van der Waals surface area contributed by atoms with Gasteiger partial charge in [-0.1, -0.05) is 29.8 Å². The molecule has 4 nitrogen and oxygen atoms in total. The van der Waals surface area contributed by atoms with Crippen LogP contribution in [0, 0.1) is 0 Å². The topological polar surface area (TPSA) is 49.8 Å². The van der Waals surface area contributed by atoms with Crippen LogP contribution >= 0.6 is 11.6 Å². The van der Waals surface area contributed by atoms with Crippen LogP contribution < -0.4 is 0 Å². The minimum Gasteiger partial charge on any atom is -0.438 e. The molecule has 0 spiro atoms. The van der Waals surface area contributed by atoms with E-state index in [0.29, 0.717) is 17.1 Å². The number of carbonyl (C=O) groups excluding carboxylic acids is 1. The van der Waals surface area contributed by atoms with E-state index in [1.165, 1.54) is 0 Å². The first-order chi connectivity index (χ1) is 8.66. The van der Waals surface area contributed by atoms with E-state index in [9.17, 15) is 9.90 Å². The minimum absolute atomic E-state index is 0.249. The predicted octanol–water partition coefficient (Wildman–Crippen LogP) is 2.36. The molecule has 18 heavy (non-hydrogen) atoms. The van der Waals surface area contributed by atoms with Gasteiger partial charge in [-0.3, -0.25) is 0 Å². The Balaban J connectivity index is 1.82. The van der Waals surface area contributed by atoms with Crippen LogP contribution in [0.15, 0.2) is 24.3 Å². The highest BCUT2D eigenvalue weighted by atomic mass is 35.5. The number of rotatable bonds is 2. The van der Waals surface area contributed by atoms with Gasteiger partial charge in [0.25, 0.3) is 0 Å². The fourth-order valence-electron chi connectivity index (χ4n) is 2.29. The molecule has 2 aliphatic rings. The lowest BCUT2D eigenvalue weighted by Gasteiger charge is -2.36. The number of nitrogens with zero attached hydrogens (tertiary/aromatic N) is 1. The lowest BCUT2D eigenvalue weighted by molar-refractivity contribution is -0.0620. The molecule has 1 aliphatic carbocycles. The SMILES string of the molecule is O=C1O[C@@H](c2ccccc2Cl)[C@@H](O)CN1C1CC1. The average molecular weight is 268 g/mol. The number of β-amino-alcohol motifs (C(OH)–C–C–N with tert-alkyl or cyclic N) is 1. The maximum absolute atomic E-state index is 11.9. The third-order valence-electron chi connectivity index (χ3n) is 3.39. The molecule has 1 amide bonds. The van der Waals surface area contributed by atoms with Crippen molar-refractivity contribution in [1.82, 2.24) is 4.90 Å². The molecular weight excluding hydrogens is 254 g/mol. The smallest absolute Gasteiger partial charge is 0.410 e. The number of carbonyl (C=O) groups is 1. The molecule has 0 radical (unpaired) electrons. The average Bonchev–Trinajstić information content (AvgIpc) is 3.17. The fraction of sp³-hybridized carbons (Fsp3) is 0.462. The highest BCUT2D eigenvalue weighted by Gasteiger charge is 2.42. The van der Waals surface area contributed by atoms with Gasteiger partial charge in [0, 0.05) is 16.6 Å². The number of aliphatic hydroxyl groups excluding tert-OH is 1. The maximum atomic E-state index is 11.9. The van der Waals surface area contributed by atoms with Crippen LogP contribution in [0.5, 0.6) is 0 Å². The van der Waals surface area contributed by atoms with E-state index < -0.39 is 12.2 Å². The van der Waals surface area contributed by atoms with E-state index >= 15 is 0 Å². The Morgan fingerprint density at radius 1 is 1.33 bits per heavy atom. The van der Waals surface area contributed by atoms with Crippen LogP contribution in [0.2, 0.25) is 5.02 Å². The Morgan fingerprint density at radius 3 is 2.72 bits per heavy atom. The first kappa shape index (κ1) is 11.8. The van der Waals surface area contributed by atoms with E-state index in [2.05, 4.69) is 0 Å². The zero-order valence-corrected chi connectivity index (χ0v) is 10.5. The first-order valence-electron chi connectivity index (χ1n) is 6.06. The van der Waals surface area contributed by atoms with E-state index in [1.54, 1.807) is 23.1 Å². The van der Waals surface area contributed by atoms with Gasteiger partial charge in [0.15, 0.2) is 6.10 Å². The highest BCUT2D eigenvalue weighted by Crippen LogP contribution is 2.36. The number of benzene rings is 1. The third kappa shape index (κ3) is 2.06. The molecule has 1 N–H and O–H groups in total. The minimum atomic E-state index is -0.733. The summed E-state index contributed by atoms with van der Waals surface area (Å²) in [5.41, 5.74) is 0.662. The number of halogens is 1. The van der Waals surface area contributed by atoms with Crippen molar-refractivity contribution < 1.29 is 14.6 Å². The second-order valence-electron chi connectivity index (χ2n) is 4.78. The number of cyclic esters (lactones) is 1. The van der Waals surface area contributed by atoms with Gasteiger partial charge in [0.1, 0.15) is 6.10 Å². The van der Waals surface area contributed by atoms with Crippen LogP contribution in [0.1, 0.15) is 24.5 Å². The summed E-state index contributed by atoms with van der Waals surface area (Å²) in [6, 6.07) is 7.37. The molecule has 1 saturated heterocycles. The van der Waals surface area contributed by atoms with Gasteiger partial charge in [-0.05, 0) is 18.9 Å². The standard InChI is InChI=1S/C13H14ClNO3/c14-10-4-2-1-3-9(10)12-11(16)7-15(8-5-6-8)13(17)18-12/h1-4,8,11-12,16H,5-7H2/t11-,12-/m0/s1. The molecular formula is C13H14ClNO3. The fourth-order valence-corrected chi connectivity index (χ4v) is 2.53. The van der Waals surface area contributed by atoms with Gasteiger partial charge in [-0.2, -0.15) is 0 Å². The second kappa shape index (κ2) is 4.44. The quantitative estimate of drug-likeness (QED) is 0.895. The van der Waals surface area contributed by atoms with Crippen LogP contribution in [0.4, 0.5) is 4.79 Å². The van der Waals surface area contributed by atoms with Crippen LogP contribution in [-0.2, 0) is 4.74 Å². The summed E-state index contributed by atoms with van der Waals surface area (Å²) in [5.74, 6) is 0. The number of ether oxygens (including phenoxy) is 1. The summed E-state index contributed by atoms with van der Waals surface area (Å²) >= 11 is 6.07. The lowest BCUT2D eigenvalue weighted by atomic mass is 10.0. The Morgan fingerprint density at radius 2 is 2.06 bits per heavy atom. The van der Waals surface area contributed by atoms with Crippen LogP contribution in [0.3, 0.4) is 0 Å².